The van der Waals surface area contributed by atoms with Crippen LogP contribution in [0.15, 0.2) is 84.9 Å². The van der Waals surface area contributed by atoms with E-state index in [-0.39, 0.29) is 0 Å². The Morgan fingerprint density at radius 1 is 0.652 bits per heavy atom. The van der Waals surface area contributed by atoms with Gasteiger partial charge in [0.15, 0.2) is 0 Å². The van der Waals surface area contributed by atoms with Crippen molar-refractivity contribution in [3.63, 3.8) is 0 Å². The molecule has 2 N–H and O–H groups in total. The molecule has 0 radical (unpaired) electrons. The maximum Gasteiger partial charge on any atom is 0.227 e. The van der Waals surface area contributed by atoms with Crippen LogP contribution in [0.2, 0.25) is 0 Å². The fraction of sp³-hybridized carbons (Fsp3) is 0. The highest BCUT2D eigenvalue weighted by molar-refractivity contribution is 5.80. The van der Waals surface area contributed by atoms with Crippen molar-refractivity contribution in [2.45, 2.75) is 0 Å². The molecular weight excluding hydrogens is 284 g/mol. The predicted molar refractivity (Wildman–Crippen MR) is 94.9 cm³/mol. The van der Waals surface area contributed by atoms with Gasteiger partial charge in [-0.2, -0.15) is 0 Å². The third-order valence-corrected chi connectivity index (χ3v) is 3.61. The molecule has 23 heavy (non-hydrogen) atoms. The van der Waals surface area contributed by atoms with Crippen molar-refractivity contribution in [2.24, 2.45) is 0 Å². The third kappa shape index (κ3) is 2.74. The number of nitrogens with one attached hydrogen (secondary N) is 2. The van der Waals surface area contributed by atoms with E-state index < -0.39 is 0 Å². The number of aromatic nitrogens is 2. The Labute approximate surface area is 134 Å². The summed E-state index contributed by atoms with van der Waals surface area (Å²) in [6.45, 7) is 0. The van der Waals surface area contributed by atoms with Crippen LogP contribution >= 0.6 is 0 Å². The Hall–Kier alpha value is -3.27. The average Bonchev–Trinajstić information content (AvgIpc) is 2.94. The van der Waals surface area contributed by atoms with Crippen molar-refractivity contribution in [1.82, 2.24) is 9.66 Å². The molecule has 0 aliphatic rings. The van der Waals surface area contributed by atoms with E-state index >= 15 is 0 Å². The summed E-state index contributed by atoms with van der Waals surface area (Å²) in [7, 11) is 0. The van der Waals surface area contributed by atoms with Crippen molar-refractivity contribution < 1.29 is 0 Å². The van der Waals surface area contributed by atoms with Crippen LogP contribution in [0, 0.1) is 0 Å². The Morgan fingerprint density at radius 3 is 2.00 bits per heavy atom. The van der Waals surface area contributed by atoms with E-state index in [1.54, 1.807) is 0 Å². The summed E-state index contributed by atoms with van der Waals surface area (Å²) in [5, 5.41) is 3.37. The molecule has 4 aromatic rings. The van der Waals surface area contributed by atoms with Crippen molar-refractivity contribution >= 4 is 28.4 Å². The molecule has 4 nitrogen and oxygen atoms in total. The summed E-state index contributed by atoms with van der Waals surface area (Å²) >= 11 is 0. The standard InChI is InChI=1S/C19H16N4/c1-3-9-15(10-4-1)20-19-21-17-13-7-8-14-18(17)23(19)22-16-11-5-2-6-12-16/h1-14,22H,(H,20,21). The van der Waals surface area contributed by atoms with Gasteiger partial charge in [-0.25, -0.2) is 9.66 Å². The first-order valence-electron chi connectivity index (χ1n) is 7.52. The Kier molecular flexibility index (Phi) is 3.41. The van der Waals surface area contributed by atoms with Crippen LogP contribution in [0.1, 0.15) is 0 Å². The lowest BCUT2D eigenvalue weighted by Gasteiger charge is -2.13. The highest BCUT2D eigenvalue weighted by Crippen LogP contribution is 2.23. The monoisotopic (exact) mass is 300 g/mol. The second-order valence-corrected chi connectivity index (χ2v) is 5.23. The normalized spacial score (nSPS) is 10.6. The number of fused-ring (bicyclic) bond motifs is 1. The molecule has 112 valence electrons. The van der Waals surface area contributed by atoms with E-state index in [4.69, 9.17) is 4.98 Å². The van der Waals surface area contributed by atoms with Crippen LogP contribution < -0.4 is 10.7 Å². The minimum absolute atomic E-state index is 0.751. The van der Waals surface area contributed by atoms with Crippen LogP contribution in [0.3, 0.4) is 0 Å². The summed E-state index contributed by atoms with van der Waals surface area (Å²) in [5.41, 5.74) is 7.37. The number of hydrogen-bond acceptors (Lipinski definition) is 3. The first kappa shape index (κ1) is 13.4. The number of anilines is 3. The van der Waals surface area contributed by atoms with Crippen LogP contribution in [-0.4, -0.2) is 9.66 Å². The molecule has 1 heterocycles. The summed E-state index contributed by atoms with van der Waals surface area (Å²) in [4.78, 5) is 4.69. The second kappa shape index (κ2) is 5.85. The van der Waals surface area contributed by atoms with E-state index in [2.05, 4.69) is 16.8 Å². The number of rotatable bonds is 4. The van der Waals surface area contributed by atoms with Gasteiger partial charge < -0.3 is 5.32 Å². The van der Waals surface area contributed by atoms with E-state index in [1.165, 1.54) is 0 Å². The lowest BCUT2D eigenvalue weighted by molar-refractivity contribution is 0.998. The molecule has 0 atom stereocenters. The van der Waals surface area contributed by atoms with Gasteiger partial charge in [0.2, 0.25) is 5.95 Å². The average molecular weight is 300 g/mol. The summed E-state index contributed by atoms with van der Waals surface area (Å²) in [5.74, 6) is 0.751. The molecule has 4 rings (SSSR count). The molecule has 0 amide bonds. The Morgan fingerprint density at radius 2 is 1.26 bits per heavy atom. The molecule has 0 unspecified atom stereocenters. The summed E-state index contributed by atoms with van der Waals surface area (Å²) < 4.78 is 1.97. The topological polar surface area (TPSA) is 41.9 Å². The van der Waals surface area contributed by atoms with Crippen LogP contribution in [-0.2, 0) is 0 Å². The molecule has 4 heteroatoms. The van der Waals surface area contributed by atoms with Gasteiger partial charge in [0, 0.05) is 5.69 Å². The van der Waals surface area contributed by atoms with Crippen LogP contribution in [0.4, 0.5) is 17.3 Å². The molecule has 0 aliphatic carbocycles. The molecule has 3 aromatic carbocycles. The fourth-order valence-electron chi connectivity index (χ4n) is 2.52. The van der Waals surface area contributed by atoms with Crippen molar-refractivity contribution in [3.05, 3.63) is 84.9 Å². The molecule has 0 aliphatic heterocycles. The second-order valence-electron chi connectivity index (χ2n) is 5.23. The minimum Gasteiger partial charge on any atom is -0.324 e. The van der Waals surface area contributed by atoms with Gasteiger partial charge in [0.05, 0.1) is 16.7 Å². The number of imidazole rings is 1. The summed E-state index contributed by atoms with van der Waals surface area (Å²) in [6.07, 6.45) is 0. The van der Waals surface area contributed by atoms with Gasteiger partial charge in [-0.05, 0) is 36.4 Å². The van der Waals surface area contributed by atoms with Gasteiger partial charge in [-0.1, -0.05) is 48.5 Å². The SMILES string of the molecule is c1ccc(Nc2nc3ccccc3n2Nc2ccccc2)cc1. The lowest BCUT2D eigenvalue weighted by atomic mass is 10.3. The van der Waals surface area contributed by atoms with Gasteiger partial charge in [0.25, 0.3) is 0 Å². The molecule has 0 spiro atoms. The summed E-state index contributed by atoms with van der Waals surface area (Å²) in [6, 6.07) is 28.2. The van der Waals surface area contributed by atoms with Gasteiger partial charge >= 0.3 is 0 Å². The zero-order chi connectivity index (χ0) is 15.5. The van der Waals surface area contributed by atoms with Crippen LogP contribution in [0.25, 0.3) is 11.0 Å². The third-order valence-electron chi connectivity index (χ3n) is 3.61. The zero-order valence-electron chi connectivity index (χ0n) is 12.5. The molecule has 0 bridgehead atoms. The molecule has 0 saturated carbocycles. The highest BCUT2D eigenvalue weighted by Gasteiger charge is 2.10. The van der Waals surface area contributed by atoms with E-state index in [9.17, 15) is 0 Å². The first-order chi connectivity index (χ1) is 11.4. The number of benzene rings is 3. The fourth-order valence-corrected chi connectivity index (χ4v) is 2.52. The zero-order valence-corrected chi connectivity index (χ0v) is 12.5. The lowest BCUT2D eigenvalue weighted by Crippen LogP contribution is -2.12. The Balaban J connectivity index is 1.78. The highest BCUT2D eigenvalue weighted by atomic mass is 15.5. The van der Waals surface area contributed by atoms with Gasteiger partial charge in [0.1, 0.15) is 0 Å². The first-order valence-corrected chi connectivity index (χ1v) is 7.52. The Bertz CT molecular complexity index is 914. The van der Waals surface area contributed by atoms with E-state index in [1.807, 2.05) is 83.5 Å². The van der Waals surface area contributed by atoms with Crippen molar-refractivity contribution in [1.29, 1.82) is 0 Å². The largest absolute Gasteiger partial charge is 0.324 e. The number of hydrogen-bond donors (Lipinski definition) is 2. The maximum absolute atomic E-state index is 4.69. The maximum atomic E-state index is 4.69. The van der Waals surface area contributed by atoms with Gasteiger partial charge in [-0.3, -0.25) is 5.43 Å². The smallest absolute Gasteiger partial charge is 0.227 e. The molecular formula is C19H16N4. The number of para-hydroxylation sites is 4. The molecule has 0 saturated heterocycles. The minimum atomic E-state index is 0.751. The number of nitrogens with zero attached hydrogens (tertiary/aromatic N) is 2. The quantitative estimate of drug-likeness (QED) is 0.576. The molecule has 1 aromatic heterocycles. The van der Waals surface area contributed by atoms with E-state index in [0.717, 1.165) is 28.4 Å². The molecule has 0 fully saturated rings. The predicted octanol–water partition coefficient (Wildman–Crippen LogP) is 4.66. The van der Waals surface area contributed by atoms with E-state index in [0.29, 0.717) is 0 Å². The van der Waals surface area contributed by atoms with Crippen molar-refractivity contribution in [3.8, 4) is 0 Å². The van der Waals surface area contributed by atoms with Crippen LogP contribution in [0.5, 0.6) is 0 Å². The van der Waals surface area contributed by atoms with Crippen molar-refractivity contribution in [2.75, 3.05) is 10.7 Å². The van der Waals surface area contributed by atoms with Gasteiger partial charge in [-0.15, -0.1) is 0 Å².